The minimum Gasteiger partial charge on any atom is -0.455 e. The van der Waals surface area contributed by atoms with E-state index in [1.807, 2.05) is 59.5 Å². The van der Waals surface area contributed by atoms with Crippen LogP contribution in [0.1, 0.15) is 37.3 Å². The number of benzene rings is 4. The smallest absolute Gasteiger partial charge is 0.263 e. The molecule has 1 amide bonds. The summed E-state index contributed by atoms with van der Waals surface area (Å²) in [5, 5.41) is 13.7. The Kier molecular flexibility index (Phi) is 10.6. The number of rotatable bonds is 12. The molecule has 0 spiro atoms. The van der Waals surface area contributed by atoms with Gasteiger partial charge >= 0.3 is 0 Å². The highest BCUT2D eigenvalue weighted by atomic mass is 32.2. The van der Waals surface area contributed by atoms with E-state index >= 15 is 0 Å². The summed E-state index contributed by atoms with van der Waals surface area (Å²) in [6, 6.07) is 30.5. The lowest BCUT2D eigenvalue weighted by atomic mass is 9.93. The largest absolute Gasteiger partial charge is 0.455 e. The molecule has 0 saturated carbocycles. The number of ether oxygens (including phenoxy) is 1. The number of nitrogens with zero attached hydrogens (tertiary/aromatic N) is 4. The predicted octanol–water partition coefficient (Wildman–Crippen LogP) is 7.08. The third-order valence-electron chi connectivity index (χ3n) is 8.63. The van der Waals surface area contributed by atoms with E-state index in [2.05, 4.69) is 43.7 Å². The molecule has 1 aliphatic heterocycles. The molecule has 12 heteroatoms. The minimum absolute atomic E-state index is 0.0724. The van der Waals surface area contributed by atoms with Crippen LogP contribution in [0.4, 0.5) is 5.13 Å². The van der Waals surface area contributed by atoms with Crippen LogP contribution in [-0.2, 0) is 21.4 Å². The van der Waals surface area contributed by atoms with Gasteiger partial charge in [-0.1, -0.05) is 54.6 Å². The highest BCUT2D eigenvalue weighted by Gasteiger charge is 2.21. The van der Waals surface area contributed by atoms with E-state index in [9.17, 15) is 18.5 Å². The minimum atomic E-state index is -3.99. The standard InChI is InChI=1S/C37H36N6O4S2/c1-26(44)43-18-15-27(16-19-43)14-17-39-24-28-6-5-9-31(20-28)34-22-30(29-7-3-2-4-8-29)10-12-36(34)47-35-13-11-33(21-32(35)23-38)49(45,46)42-37-40-25-41-48-37/h2-13,20-22,25,27,39H,14-19,24H2,1H3,(H,40,41,42). The molecule has 1 aliphatic rings. The molecule has 1 fully saturated rings. The van der Waals surface area contributed by atoms with Crippen molar-refractivity contribution in [2.75, 3.05) is 24.4 Å². The van der Waals surface area contributed by atoms with Crippen LogP contribution in [0.15, 0.2) is 102 Å². The highest BCUT2D eigenvalue weighted by molar-refractivity contribution is 7.93. The fourth-order valence-corrected chi connectivity index (χ4v) is 7.63. The number of piperidine rings is 1. The number of nitrogens with one attached hydrogen (secondary N) is 2. The zero-order chi connectivity index (χ0) is 34.2. The molecular formula is C37H36N6O4S2. The molecule has 49 heavy (non-hydrogen) atoms. The number of sulfonamides is 1. The molecule has 10 nitrogen and oxygen atoms in total. The van der Waals surface area contributed by atoms with Gasteiger partial charge < -0.3 is 15.0 Å². The third kappa shape index (κ3) is 8.50. The summed E-state index contributed by atoms with van der Waals surface area (Å²) in [7, 11) is -3.99. The first-order valence-electron chi connectivity index (χ1n) is 16.1. The number of carbonyl (C=O) groups is 1. The van der Waals surface area contributed by atoms with Crippen molar-refractivity contribution in [3.63, 3.8) is 0 Å². The first-order chi connectivity index (χ1) is 23.8. The predicted molar refractivity (Wildman–Crippen MR) is 191 cm³/mol. The van der Waals surface area contributed by atoms with Gasteiger partial charge in [0, 0.05) is 43.7 Å². The summed E-state index contributed by atoms with van der Waals surface area (Å²) in [5.41, 5.74) is 5.03. The van der Waals surface area contributed by atoms with Crippen LogP contribution in [0.25, 0.3) is 22.3 Å². The van der Waals surface area contributed by atoms with Crippen LogP contribution in [0.5, 0.6) is 11.5 Å². The van der Waals surface area contributed by atoms with Crippen molar-refractivity contribution >= 4 is 32.6 Å². The monoisotopic (exact) mass is 692 g/mol. The highest BCUT2D eigenvalue weighted by Crippen LogP contribution is 2.38. The fourth-order valence-electron chi connectivity index (χ4n) is 5.94. The van der Waals surface area contributed by atoms with E-state index in [0.29, 0.717) is 18.2 Å². The van der Waals surface area contributed by atoms with Crippen molar-refractivity contribution in [2.24, 2.45) is 5.92 Å². The summed E-state index contributed by atoms with van der Waals surface area (Å²) < 4.78 is 38.5. The van der Waals surface area contributed by atoms with Crippen molar-refractivity contribution < 1.29 is 17.9 Å². The lowest BCUT2D eigenvalue weighted by molar-refractivity contribution is -0.130. The van der Waals surface area contributed by atoms with Gasteiger partial charge in [-0.2, -0.15) is 9.64 Å². The van der Waals surface area contributed by atoms with Crippen molar-refractivity contribution in [1.82, 2.24) is 19.6 Å². The molecule has 2 heterocycles. The lowest BCUT2D eigenvalue weighted by Crippen LogP contribution is -2.37. The average molecular weight is 693 g/mol. The first-order valence-corrected chi connectivity index (χ1v) is 18.3. The Morgan fingerprint density at radius 3 is 2.47 bits per heavy atom. The third-order valence-corrected chi connectivity index (χ3v) is 10.7. The number of hydrogen-bond donors (Lipinski definition) is 2. The molecule has 0 aliphatic carbocycles. The molecule has 0 unspecified atom stereocenters. The van der Waals surface area contributed by atoms with Gasteiger partial charge in [0.1, 0.15) is 23.9 Å². The number of likely N-dealkylation sites (tertiary alicyclic amines) is 1. The molecule has 0 radical (unpaired) electrons. The topological polar surface area (TPSA) is 137 Å². The number of amides is 1. The van der Waals surface area contributed by atoms with Crippen molar-refractivity contribution in [1.29, 1.82) is 5.26 Å². The molecule has 4 aromatic carbocycles. The van der Waals surface area contributed by atoms with Gasteiger partial charge in [0.15, 0.2) is 0 Å². The maximum atomic E-state index is 12.9. The van der Waals surface area contributed by atoms with Gasteiger partial charge in [0.05, 0.1) is 10.5 Å². The lowest BCUT2D eigenvalue weighted by Gasteiger charge is -2.31. The maximum absolute atomic E-state index is 12.9. The fraction of sp³-hybridized carbons (Fsp3) is 0.243. The van der Waals surface area contributed by atoms with Crippen molar-refractivity contribution in [3.05, 3.63) is 108 Å². The van der Waals surface area contributed by atoms with Crippen molar-refractivity contribution in [2.45, 2.75) is 37.6 Å². The molecule has 250 valence electrons. The van der Waals surface area contributed by atoms with Gasteiger partial charge in [-0.3, -0.25) is 9.52 Å². The Morgan fingerprint density at radius 2 is 1.73 bits per heavy atom. The van der Waals surface area contributed by atoms with E-state index in [4.69, 9.17) is 4.74 Å². The summed E-state index contributed by atoms with van der Waals surface area (Å²) >= 11 is 0.915. The second kappa shape index (κ2) is 15.4. The summed E-state index contributed by atoms with van der Waals surface area (Å²) in [6.07, 6.45) is 4.42. The van der Waals surface area contributed by atoms with Gasteiger partial charge in [-0.15, -0.1) is 0 Å². The summed E-state index contributed by atoms with van der Waals surface area (Å²) in [6.45, 7) is 4.92. The molecule has 2 N–H and O–H groups in total. The number of aromatic nitrogens is 2. The number of carbonyl (C=O) groups excluding carboxylic acids is 1. The van der Waals surface area contributed by atoms with Crippen LogP contribution in [0, 0.1) is 17.2 Å². The molecule has 5 aromatic rings. The Bertz CT molecular complexity index is 2060. The van der Waals surface area contributed by atoms with Crippen LogP contribution in [-0.4, -0.2) is 48.2 Å². The SMILES string of the molecule is CC(=O)N1CCC(CCNCc2cccc(-c3cc(-c4ccccc4)ccc3Oc3ccc(S(=O)(=O)Nc4ncns4)cc3C#N)c2)CC1. The van der Waals surface area contributed by atoms with Gasteiger partial charge in [-0.25, -0.2) is 13.4 Å². The zero-order valence-corrected chi connectivity index (χ0v) is 28.6. The van der Waals surface area contributed by atoms with Crippen LogP contribution >= 0.6 is 11.5 Å². The summed E-state index contributed by atoms with van der Waals surface area (Å²) in [5.74, 6) is 1.54. The van der Waals surface area contributed by atoms with E-state index in [1.165, 1.54) is 24.5 Å². The number of hydrogen-bond acceptors (Lipinski definition) is 9. The van der Waals surface area contributed by atoms with E-state index < -0.39 is 10.0 Å². The Labute approximate surface area is 290 Å². The molecule has 0 atom stereocenters. The molecule has 6 rings (SSSR count). The Hall–Kier alpha value is -5.09. The maximum Gasteiger partial charge on any atom is 0.263 e. The summed E-state index contributed by atoms with van der Waals surface area (Å²) in [4.78, 5) is 17.4. The van der Waals surface area contributed by atoms with E-state index in [1.54, 1.807) is 6.92 Å². The normalized spacial score (nSPS) is 13.5. The average Bonchev–Trinajstić information content (AvgIpc) is 3.63. The molecule has 1 saturated heterocycles. The number of nitriles is 1. The first kappa shape index (κ1) is 33.8. The molecule has 0 bridgehead atoms. The van der Waals surface area contributed by atoms with E-state index in [0.717, 1.165) is 78.2 Å². The zero-order valence-electron chi connectivity index (χ0n) is 27.0. The van der Waals surface area contributed by atoms with E-state index in [-0.39, 0.29) is 27.2 Å². The van der Waals surface area contributed by atoms with Gasteiger partial charge in [-0.05, 0) is 90.4 Å². The molecular weight excluding hydrogens is 657 g/mol. The van der Waals surface area contributed by atoms with Gasteiger partial charge in [0.2, 0.25) is 11.0 Å². The van der Waals surface area contributed by atoms with Crippen LogP contribution in [0.2, 0.25) is 0 Å². The second-order valence-corrected chi connectivity index (χ2v) is 14.4. The Morgan fingerprint density at radius 1 is 0.959 bits per heavy atom. The quantitative estimate of drug-likeness (QED) is 0.133. The van der Waals surface area contributed by atoms with Crippen molar-refractivity contribution in [3.8, 4) is 39.8 Å². The van der Waals surface area contributed by atoms with Crippen LogP contribution < -0.4 is 14.8 Å². The van der Waals surface area contributed by atoms with Gasteiger partial charge in [0.25, 0.3) is 10.0 Å². The van der Waals surface area contributed by atoms with Crippen LogP contribution in [0.3, 0.4) is 0 Å². The molecule has 1 aromatic heterocycles. The number of anilines is 1. The second-order valence-electron chi connectivity index (χ2n) is 11.9. The Balaban J connectivity index is 1.22.